The molecule has 0 amide bonds. The Labute approximate surface area is 172 Å². The van der Waals surface area contributed by atoms with Crippen LogP contribution in [0.25, 0.3) is 10.9 Å². The van der Waals surface area contributed by atoms with Crippen molar-refractivity contribution >= 4 is 45.9 Å². The molecule has 7 heteroatoms. The predicted molar refractivity (Wildman–Crippen MR) is 114 cm³/mol. The molecule has 3 rings (SSSR count). The van der Waals surface area contributed by atoms with E-state index in [2.05, 4.69) is 18.8 Å². The van der Waals surface area contributed by atoms with E-state index in [1.165, 1.54) is 11.8 Å². The van der Waals surface area contributed by atoms with Crippen LogP contribution in [0.4, 0.5) is 0 Å². The summed E-state index contributed by atoms with van der Waals surface area (Å²) in [6, 6.07) is 12.4. The van der Waals surface area contributed by atoms with Crippen molar-refractivity contribution in [3.05, 3.63) is 62.9 Å². The molecule has 0 fully saturated rings. The molecule has 0 N–H and O–H groups in total. The second-order valence-electron chi connectivity index (χ2n) is 6.52. The number of fused-ring (bicyclic) bond motifs is 1. The molecule has 0 aliphatic carbocycles. The molecule has 0 atom stereocenters. The van der Waals surface area contributed by atoms with Gasteiger partial charge in [-0.25, -0.2) is 4.98 Å². The Morgan fingerprint density at radius 2 is 1.81 bits per heavy atom. The molecule has 0 radical (unpaired) electrons. The van der Waals surface area contributed by atoms with E-state index in [0.717, 1.165) is 5.75 Å². The van der Waals surface area contributed by atoms with Crippen molar-refractivity contribution < 1.29 is 4.74 Å². The smallest absolute Gasteiger partial charge is 0.262 e. The minimum atomic E-state index is -0.0357. The summed E-state index contributed by atoms with van der Waals surface area (Å²) in [6.45, 7) is 5.27. The summed E-state index contributed by atoms with van der Waals surface area (Å²) in [5.41, 5.74) is 0.583. The summed E-state index contributed by atoms with van der Waals surface area (Å²) in [7, 11) is 0. The lowest BCUT2D eigenvalue weighted by atomic mass is 10.2. The molecule has 0 unspecified atom stereocenters. The van der Waals surface area contributed by atoms with Gasteiger partial charge in [0.15, 0.2) is 5.16 Å². The van der Waals surface area contributed by atoms with E-state index in [9.17, 15) is 4.79 Å². The summed E-state index contributed by atoms with van der Waals surface area (Å²) in [6.07, 6.45) is 0. The predicted octanol–water partition coefficient (Wildman–Crippen LogP) is 5.53. The second-order valence-corrected chi connectivity index (χ2v) is 8.45. The molecule has 4 nitrogen and oxygen atoms in total. The normalized spacial score (nSPS) is 11.3. The first-order chi connectivity index (χ1) is 12.9. The summed E-state index contributed by atoms with van der Waals surface area (Å²) in [4.78, 5) is 17.6. The summed E-state index contributed by atoms with van der Waals surface area (Å²) >= 11 is 13.4. The number of ether oxygens (including phenoxy) is 1. The van der Waals surface area contributed by atoms with Crippen molar-refractivity contribution in [2.75, 3.05) is 12.4 Å². The van der Waals surface area contributed by atoms with Crippen LogP contribution in [-0.4, -0.2) is 21.9 Å². The van der Waals surface area contributed by atoms with Crippen molar-refractivity contribution in [2.45, 2.75) is 25.5 Å². The van der Waals surface area contributed by atoms with E-state index in [-0.39, 0.29) is 5.56 Å². The van der Waals surface area contributed by atoms with Gasteiger partial charge in [0, 0.05) is 22.3 Å². The van der Waals surface area contributed by atoms with E-state index in [0.29, 0.717) is 50.9 Å². The number of halogens is 2. The Kier molecular flexibility index (Phi) is 6.68. The average molecular weight is 423 g/mol. The molecule has 142 valence electrons. The highest BCUT2D eigenvalue weighted by molar-refractivity contribution is 7.99. The van der Waals surface area contributed by atoms with Crippen LogP contribution in [0.3, 0.4) is 0 Å². The highest BCUT2D eigenvalue weighted by atomic mass is 35.5. The van der Waals surface area contributed by atoms with Gasteiger partial charge in [-0.15, -0.1) is 0 Å². The van der Waals surface area contributed by atoms with Crippen molar-refractivity contribution in [3.8, 4) is 5.75 Å². The third-order valence-corrected chi connectivity index (χ3v) is 5.25. The SMILES string of the molecule is CC(C)Cn1c(SCCOc2ccc(Cl)cc2)nc2cc(Cl)ccc2c1=O. The van der Waals surface area contributed by atoms with Crippen LogP contribution in [0, 0.1) is 5.92 Å². The fourth-order valence-electron chi connectivity index (χ4n) is 2.63. The largest absolute Gasteiger partial charge is 0.493 e. The number of hydrogen-bond acceptors (Lipinski definition) is 4. The number of thioether (sulfide) groups is 1. The van der Waals surface area contributed by atoms with Crippen LogP contribution < -0.4 is 10.3 Å². The first kappa shape index (κ1) is 20.1. The number of aromatic nitrogens is 2. The molecule has 0 bridgehead atoms. The lowest BCUT2D eigenvalue weighted by Crippen LogP contribution is -2.25. The molecular formula is C20H20Cl2N2O2S. The van der Waals surface area contributed by atoms with Gasteiger partial charge in [-0.3, -0.25) is 9.36 Å². The molecule has 1 heterocycles. The molecule has 2 aromatic carbocycles. The first-order valence-corrected chi connectivity index (χ1v) is 10.4. The average Bonchev–Trinajstić information content (AvgIpc) is 2.62. The van der Waals surface area contributed by atoms with E-state index in [1.807, 2.05) is 12.1 Å². The fraction of sp³-hybridized carbons (Fsp3) is 0.300. The van der Waals surface area contributed by atoms with Gasteiger partial charge in [0.05, 0.1) is 17.5 Å². The van der Waals surface area contributed by atoms with Crippen LogP contribution in [0.1, 0.15) is 13.8 Å². The molecular weight excluding hydrogens is 403 g/mol. The first-order valence-electron chi connectivity index (χ1n) is 8.65. The van der Waals surface area contributed by atoms with Crippen molar-refractivity contribution in [3.63, 3.8) is 0 Å². The monoisotopic (exact) mass is 422 g/mol. The van der Waals surface area contributed by atoms with Gasteiger partial charge in [0.1, 0.15) is 5.75 Å². The maximum absolute atomic E-state index is 12.9. The fourth-order valence-corrected chi connectivity index (χ4v) is 3.75. The highest BCUT2D eigenvalue weighted by Crippen LogP contribution is 2.22. The molecule has 3 aromatic rings. The standard InChI is InChI=1S/C20H20Cl2N2O2S/c1-13(2)12-24-19(25)17-8-5-15(22)11-18(17)23-20(24)27-10-9-26-16-6-3-14(21)4-7-16/h3-8,11,13H,9-10,12H2,1-2H3. The molecule has 0 spiro atoms. The van der Waals surface area contributed by atoms with Gasteiger partial charge < -0.3 is 4.74 Å². The molecule has 0 aliphatic rings. The number of benzene rings is 2. The van der Waals surface area contributed by atoms with Gasteiger partial charge in [-0.1, -0.05) is 48.8 Å². The van der Waals surface area contributed by atoms with Crippen LogP contribution in [0.5, 0.6) is 5.75 Å². The van der Waals surface area contributed by atoms with Gasteiger partial charge >= 0.3 is 0 Å². The Hall–Kier alpha value is -1.69. The number of hydrogen-bond donors (Lipinski definition) is 0. The van der Waals surface area contributed by atoms with Gasteiger partial charge in [-0.2, -0.15) is 0 Å². The molecule has 0 aliphatic heterocycles. The molecule has 0 saturated carbocycles. The van der Waals surface area contributed by atoms with Gasteiger partial charge in [0.2, 0.25) is 0 Å². The third kappa shape index (κ3) is 5.18. The maximum atomic E-state index is 12.9. The van der Waals surface area contributed by atoms with Crippen LogP contribution >= 0.6 is 35.0 Å². The number of nitrogens with zero attached hydrogens (tertiary/aromatic N) is 2. The number of rotatable bonds is 7. The lowest BCUT2D eigenvalue weighted by molar-refractivity contribution is 0.343. The molecule has 1 aromatic heterocycles. The second kappa shape index (κ2) is 9.00. The minimum Gasteiger partial charge on any atom is -0.493 e. The van der Waals surface area contributed by atoms with E-state index >= 15 is 0 Å². The van der Waals surface area contributed by atoms with Crippen molar-refractivity contribution in [1.82, 2.24) is 9.55 Å². The Morgan fingerprint density at radius 3 is 2.52 bits per heavy atom. The zero-order valence-electron chi connectivity index (χ0n) is 15.1. The van der Waals surface area contributed by atoms with Gasteiger partial charge in [0.25, 0.3) is 5.56 Å². The highest BCUT2D eigenvalue weighted by Gasteiger charge is 2.13. The maximum Gasteiger partial charge on any atom is 0.262 e. The summed E-state index contributed by atoms with van der Waals surface area (Å²) in [5.74, 6) is 1.76. The molecule has 0 saturated heterocycles. The van der Waals surface area contributed by atoms with Crippen molar-refractivity contribution in [2.24, 2.45) is 5.92 Å². The zero-order valence-corrected chi connectivity index (χ0v) is 17.4. The Bertz CT molecular complexity index is 988. The lowest BCUT2D eigenvalue weighted by Gasteiger charge is -2.15. The molecule has 27 heavy (non-hydrogen) atoms. The minimum absolute atomic E-state index is 0.0357. The zero-order chi connectivity index (χ0) is 19.4. The van der Waals surface area contributed by atoms with E-state index in [1.54, 1.807) is 34.9 Å². The Morgan fingerprint density at radius 1 is 1.11 bits per heavy atom. The summed E-state index contributed by atoms with van der Waals surface area (Å²) in [5, 5.41) is 2.51. The van der Waals surface area contributed by atoms with Gasteiger partial charge in [-0.05, 0) is 48.4 Å². The van der Waals surface area contributed by atoms with Crippen LogP contribution in [0.15, 0.2) is 52.4 Å². The Balaban J connectivity index is 1.78. The summed E-state index contributed by atoms with van der Waals surface area (Å²) < 4.78 is 7.47. The topological polar surface area (TPSA) is 44.1 Å². The van der Waals surface area contributed by atoms with E-state index in [4.69, 9.17) is 27.9 Å². The van der Waals surface area contributed by atoms with Crippen molar-refractivity contribution in [1.29, 1.82) is 0 Å². The van der Waals surface area contributed by atoms with Crippen LogP contribution in [-0.2, 0) is 6.54 Å². The quantitative estimate of drug-likeness (QED) is 0.285. The van der Waals surface area contributed by atoms with Crippen LogP contribution in [0.2, 0.25) is 10.0 Å². The third-order valence-electron chi connectivity index (χ3n) is 3.83. The van der Waals surface area contributed by atoms with E-state index < -0.39 is 0 Å².